The molecule has 1 unspecified atom stereocenters. The maximum absolute atomic E-state index is 9.74. The molecule has 1 aliphatic rings. The highest BCUT2D eigenvalue weighted by Gasteiger charge is 2.25. The summed E-state index contributed by atoms with van der Waals surface area (Å²) in [5.74, 6) is 1.38. The van der Waals surface area contributed by atoms with Crippen molar-refractivity contribution in [3.8, 4) is 11.5 Å². The summed E-state index contributed by atoms with van der Waals surface area (Å²) in [5.41, 5.74) is 0.950. The first-order valence-corrected chi connectivity index (χ1v) is 6.45. The molecule has 1 fully saturated rings. The Balaban J connectivity index is 2.31. The van der Waals surface area contributed by atoms with Gasteiger partial charge in [0.2, 0.25) is 0 Å². The van der Waals surface area contributed by atoms with Gasteiger partial charge in [-0.2, -0.15) is 0 Å². The lowest BCUT2D eigenvalue weighted by atomic mass is 10.0. The minimum atomic E-state index is -0.0889. The van der Waals surface area contributed by atoms with Gasteiger partial charge in [-0.05, 0) is 6.07 Å². The molecule has 19 heavy (non-hydrogen) atoms. The van der Waals surface area contributed by atoms with Gasteiger partial charge in [0.05, 0.1) is 40.1 Å². The van der Waals surface area contributed by atoms with Crippen LogP contribution in [0.5, 0.6) is 11.5 Å². The third-order valence-corrected chi connectivity index (χ3v) is 3.45. The molecule has 0 bridgehead atoms. The number of hydrogen-bond acceptors (Lipinski definition) is 5. The van der Waals surface area contributed by atoms with Crippen molar-refractivity contribution >= 4 is 0 Å². The summed E-state index contributed by atoms with van der Waals surface area (Å²) in [7, 11) is 3.24. The molecule has 1 saturated heterocycles. The summed E-state index contributed by atoms with van der Waals surface area (Å²) in [6, 6.07) is 5.65. The Bertz CT molecular complexity index is 404. The van der Waals surface area contributed by atoms with Crippen molar-refractivity contribution < 1.29 is 19.3 Å². The topological polar surface area (TPSA) is 51.2 Å². The Morgan fingerprint density at radius 2 is 2.00 bits per heavy atom. The second-order valence-corrected chi connectivity index (χ2v) is 4.43. The fourth-order valence-corrected chi connectivity index (χ4v) is 2.47. The molecule has 2 rings (SSSR count). The molecular weight excluding hydrogens is 246 g/mol. The van der Waals surface area contributed by atoms with Crippen LogP contribution >= 0.6 is 0 Å². The van der Waals surface area contributed by atoms with Crippen molar-refractivity contribution in [3.05, 3.63) is 23.8 Å². The fourth-order valence-electron chi connectivity index (χ4n) is 2.47. The lowest BCUT2D eigenvalue weighted by molar-refractivity contribution is 0.00198. The molecule has 0 spiro atoms. The first-order valence-electron chi connectivity index (χ1n) is 6.45. The predicted octanol–water partition coefficient (Wildman–Crippen LogP) is 1.07. The first-order chi connectivity index (χ1) is 9.31. The second kappa shape index (κ2) is 6.75. The summed E-state index contributed by atoms with van der Waals surface area (Å²) >= 11 is 0. The van der Waals surface area contributed by atoms with Gasteiger partial charge in [0.15, 0.2) is 11.5 Å². The van der Waals surface area contributed by atoms with E-state index < -0.39 is 0 Å². The molecule has 5 heteroatoms. The van der Waals surface area contributed by atoms with Crippen molar-refractivity contribution in [3.63, 3.8) is 0 Å². The molecule has 0 saturated carbocycles. The molecule has 1 aromatic carbocycles. The third kappa shape index (κ3) is 3.00. The molecule has 1 N–H and O–H groups in total. The van der Waals surface area contributed by atoms with E-state index in [1.54, 1.807) is 14.2 Å². The monoisotopic (exact) mass is 267 g/mol. The smallest absolute Gasteiger partial charge is 0.165 e. The Morgan fingerprint density at radius 1 is 1.26 bits per heavy atom. The van der Waals surface area contributed by atoms with E-state index in [0.717, 1.165) is 18.7 Å². The first kappa shape index (κ1) is 14.1. The van der Waals surface area contributed by atoms with Crippen LogP contribution in [-0.2, 0) is 4.74 Å². The number of aliphatic hydroxyl groups excluding tert-OH is 1. The van der Waals surface area contributed by atoms with Gasteiger partial charge in [-0.15, -0.1) is 0 Å². The van der Waals surface area contributed by atoms with E-state index in [-0.39, 0.29) is 12.6 Å². The van der Waals surface area contributed by atoms with Gasteiger partial charge in [0.25, 0.3) is 0 Å². The van der Waals surface area contributed by atoms with Crippen LogP contribution in [0.15, 0.2) is 18.2 Å². The van der Waals surface area contributed by atoms with Crippen molar-refractivity contribution in [2.24, 2.45) is 0 Å². The lowest BCUT2D eigenvalue weighted by Crippen LogP contribution is -2.40. The zero-order valence-corrected chi connectivity index (χ0v) is 11.5. The van der Waals surface area contributed by atoms with E-state index >= 15 is 0 Å². The number of aliphatic hydroxyl groups is 1. The zero-order valence-electron chi connectivity index (χ0n) is 11.5. The van der Waals surface area contributed by atoms with Crippen LogP contribution in [0.25, 0.3) is 0 Å². The third-order valence-electron chi connectivity index (χ3n) is 3.45. The molecule has 1 aliphatic heterocycles. The molecule has 1 aromatic rings. The number of rotatable bonds is 5. The average molecular weight is 267 g/mol. The predicted molar refractivity (Wildman–Crippen MR) is 71.8 cm³/mol. The summed E-state index contributed by atoms with van der Waals surface area (Å²) in [4.78, 5) is 2.21. The zero-order chi connectivity index (χ0) is 13.7. The minimum Gasteiger partial charge on any atom is -0.493 e. The Hall–Kier alpha value is -1.30. The number of hydrogen-bond donors (Lipinski definition) is 1. The largest absolute Gasteiger partial charge is 0.493 e. The number of ether oxygens (including phenoxy) is 3. The Morgan fingerprint density at radius 3 is 2.58 bits per heavy atom. The Labute approximate surface area is 113 Å². The molecule has 1 atom stereocenters. The number of methoxy groups -OCH3 is 2. The number of para-hydroxylation sites is 1. The molecule has 0 aromatic heterocycles. The highest BCUT2D eigenvalue weighted by Crippen LogP contribution is 2.36. The van der Waals surface area contributed by atoms with Crippen LogP contribution in [0.2, 0.25) is 0 Å². The van der Waals surface area contributed by atoms with Gasteiger partial charge in [-0.3, -0.25) is 4.90 Å². The van der Waals surface area contributed by atoms with E-state index in [1.165, 1.54) is 0 Å². The van der Waals surface area contributed by atoms with Gasteiger partial charge in [0, 0.05) is 18.7 Å². The van der Waals surface area contributed by atoms with Crippen molar-refractivity contribution in [1.29, 1.82) is 0 Å². The van der Waals surface area contributed by atoms with Gasteiger partial charge in [0.1, 0.15) is 0 Å². The van der Waals surface area contributed by atoms with Crippen molar-refractivity contribution in [1.82, 2.24) is 4.90 Å². The van der Waals surface area contributed by atoms with E-state index in [9.17, 15) is 5.11 Å². The van der Waals surface area contributed by atoms with Crippen LogP contribution < -0.4 is 9.47 Å². The number of benzene rings is 1. The van der Waals surface area contributed by atoms with Crippen LogP contribution in [-0.4, -0.2) is 57.1 Å². The van der Waals surface area contributed by atoms with Gasteiger partial charge < -0.3 is 19.3 Å². The average Bonchev–Trinajstić information content (AvgIpc) is 2.48. The van der Waals surface area contributed by atoms with Crippen molar-refractivity contribution in [2.75, 3.05) is 47.1 Å². The summed E-state index contributed by atoms with van der Waals surface area (Å²) in [6.45, 7) is 3.06. The summed E-state index contributed by atoms with van der Waals surface area (Å²) in [5, 5.41) is 9.74. The molecule has 0 amide bonds. The molecule has 1 heterocycles. The normalized spacial score (nSPS) is 18.1. The van der Waals surface area contributed by atoms with Crippen LogP contribution in [0.4, 0.5) is 0 Å². The molecular formula is C14H21NO4. The SMILES string of the molecule is COc1cccc(C(CO)N2CCOCC2)c1OC. The van der Waals surface area contributed by atoms with Crippen LogP contribution in [0, 0.1) is 0 Å². The van der Waals surface area contributed by atoms with Crippen LogP contribution in [0.3, 0.4) is 0 Å². The quantitative estimate of drug-likeness (QED) is 0.865. The van der Waals surface area contributed by atoms with E-state index in [1.807, 2.05) is 18.2 Å². The number of morpholine rings is 1. The van der Waals surface area contributed by atoms with Gasteiger partial charge >= 0.3 is 0 Å². The minimum absolute atomic E-state index is 0.0452. The standard InChI is InChI=1S/C14H21NO4/c1-17-13-5-3-4-11(14(13)18-2)12(10-16)15-6-8-19-9-7-15/h3-5,12,16H,6-10H2,1-2H3. The molecule has 0 radical (unpaired) electrons. The highest BCUT2D eigenvalue weighted by molar-refractivity contribution is 5.48. The van der Waals surface area contributed by atoms with Crippen LogP contribution in [0.1, 0.15) is 11.6 Å². The maximum Gasteiger partial charge on any atom is 0.165 e. The second-order valence-electron chi connectivity index (χ2n) is 4.43. The number of nitrogens with zero attached hydrogens (tertiary/aromatic N) is 1. The summed E-state index contributed by atoms with van der Waals surface area (Å²) in [6.07, 6.45) is 0. The van der Waals surface area contributed by atoms with Gasteiger partial charge in [-0.25, -0.2) is 0 Å². The fraction of sp³-hybridized carbons (Fsp3) is 0.571. The van der Waals surface area contributed by atoms with E-state index in [0.29, 0.717) is 24.7 Å². The van der Waals surface area contributed by atoms with E-state index in [4.69, 9.17) is 14.2 Å². The van der Waals surface area contributed by atoms with Crippen molar-refractivity contribution in [2.45, 2.75) is 6.04 Å². The highest BCUT2D eigenvalue weighted by atomic mass is 16.5. The van der Waals surface area contributed by atoms with E-state index in [2.05, 4.69) is 4.90 Å². The molecule has 0 aliphatic carbocycles. The Kier molecular flexibility index (Phi) is 5.01. The molecule has 5 nitrogen and oxygen atoms in total. The molecule has 106 valence electrons. The maximum atomic E-state index is 9.74. The lowest BCUT2D eigenvalue weighted by Gasteiger charge is -2.34. The summed E-state index contributed by atoms with van der Waals surface area (Å²) < 4.78 is 16.1. The van der Waals surface area contributed by atoms with Gasteiger partial charge in [-0.1, -0.05) is 12.1 Å².